The summed E-state index contributed by atoms with van der Waals surface area (Å²) in [5.74, 6) is 1.06. The number of hydrogen-bond acceptors (Lipinski definition) is 2. The molecule has 0 spiro atoms. The van der Waals surface area contributed by atoms with Crippen LogP contribution in [0.15, 0.2) is 34.8 Å². The van der Waals surface area contributed by atoms with Crippen LogP contribution in [0, 0.1) is 13.8 Å². The van der Waals surface area contributed by atoms with E-state index < -0.39 is 0 Å². The molecule has 20 heavy (non-hydrogen) atoms. The monoisotopic (exact) mass is 331 g/mol. The van der Waals surface area contributed by atoms with E-state index in [1.165, 1.54) is 22.3 Å². The quantitative estimate of drug-likeness (QED) is 0.886. The normalized spacial score (nSPS) is 12.9. The first-order chi connectivity index (χ1) is 9.61. The van der Waals surface area contributed by atoms with E-state index in [-0.39, 0.29) is 0 Å². The third-order valence-corrected chi connectivity index (χ3v) is 3.99. The zero-order valence-corrected chi connectivity index (χ0v) is 13.4. The largest absolute Gasteiger partial charge is 0.493 e. The van der Waals surface area contributed by atoms with Gasteiger partial charge >= 0.3 is 0 Å². The third-order valence-electron chi connectivity index (χ3n) is 3.53. The summed E-state index contributed by atoms with van der Waals surface area (Å²) in [7, 11) is 0. The average Bonchev–Trinajstić information content (AvgIpc) is 2.82. The maximum atomic E-state index is 5.76. The number of benzene rings is 2. The molecular formula is C17H18BrNO. The summed E-state index contributed by atoms with van der Waals surface area (Å²) in [6.07, 6.45) is 1.01. The van der Waals surface area contributed by atoms with Crippen LogP contribution in [0.25, 0.3) is 0 Å². The van der Waals surface area contributed by atoms with Crippen LogP contribution in [-0.4, -0.2) is 6.61 Å². The fourth-order valence-electron chi connectivity index (χ4n) is 2.75. The molecule has 0 fully saturated rings. The van der Waals surface area contributed by atoms with E-state index >= 15 is 0 Å². The van der Waals surface area contributed by atoms with Gasteiger partial charge in [0.15, 0.2) is 0 Å². The molecule has 1 N–H and O–H groups in total. The van der Waals surface area contributed by atoms with Gasteiger partial charge in [-0.3, -0.25) is 0 Å². The summed E-state index contributed by atoms with van der Waals surface area (Å²) in [4.78, 5) is 0. The number of aryl methyl sites for hydroxylation is 2. The van der Waals surface area contributed by atoms with Crippen LogP contribution in [0.3, 0.4) is 0 Å². The van der Waals surface area contributed by atoms with Crippen LogP contribution >= 0.6 is 15.9 Å². The number of hydrogen-bond donors (Lipinski definition) is 1. The van der Waals surface area contributed by atoms with Gasteiger partial charge in [0, 0.05) is 28.7 Å². The molecule has 3 heteroatoms. The molecule has 0 aliphatic carbocycles. The van der Waals surface area contributed by atoms with Crippen molar-refractivity contribution in [3.05, 3.63) is 57.1 Å². The average molecular weight is 332 g/mol. The van der Waals surface area contributed by atoms with Gasteiger partial charge in [-0.05, 0) is 54.8 Å². The molecule has 0 unspecified atom stereocenters. The summed E-state index contributed by atoms with van der Waals surface area (Å²) < 4.78 is 6.88. The second-order valence-corrected chi connectivity index (χ2v) is 6.30. The van der Waals surface area contributed by atoms with Crippen molar-refractivity contribution in [3.8, 4) is 5.75 Å². The Morgan fingerprint density at radius 2 is 1.85 bits per heavy atom. The lowest BCUT2D eigenvalue weighted by molar-refractivity contribution is 0.354. The van der Waals surface area contributed by atoms with Gasteiger partial charge in [-0.25, -0.2) is 0 Å². The predicted octanol–water partition coefficient (Wildman–Crippen LogP) is 4.61. The first-order valence-corrected chi connectivity index (χ1v) is 7.67. The van der Waals surface area contributed by atoms with Crippen molar-refractivity contribution in [1.29, 1.82) is 0 Å². The Bertz CT molecular complexity index is 631. The molecule has 3 rings (SSSR count). The highest BCUT2D eigenvalue weighted by molar-refractivity contribution is 9.10. The van der Waals surface area contributed by atoms with Crippen molar-refractivity contribution in [2.24, 2.45) is 0 Å². The van der Waals surface area contributed by atoms with Crippen LogP contribution in [0.2, 0.25) is 0 Å². The Morgan fingerprint density at radius 1 is 1.10 bits per heavy atom. The highest BCUT2D eigenvalue weighted by Gasteiger charge is 2.17. The first kappa shape index (κ1) is 13.5. The molecule has 1 aliphatic rings. The first-order valence-electron chi connectivity index (χ1n) is 6.88. The minimum absolute atomic E-state index is 0.782. The van der Waals surface area contributed by atoms with Gasteiger partial charge in [-0.1, -0.05) is 22.0 Å². The third kappa shape index (κ3) is 2.83. The lowest BCUT2D eigenvalue weighted by Crippen LogP contribution is -2.02. The second kappa shape index (κ2) is 5.49. The molecular weight excluding hydrogens is 314 g/mol. The smallest absolute Gasteiger partial charge is 0.127 e. The fourth-order valence-corrected chi connectivity index (χ4v) is 3.30. The summed E-state index contributed by atoms with van der Waals surface area (Å²) in [6, 6.07) is 10.8. The Hall–Kier alpha value is -1.48. The standard InChI is InChI=1S/C17H18BrNO/c1-11-5-12(2)7-16(6-11)19-10-14-9-15(18)8-13-3-4-20-17(13)14/h5-9,19H,3-4,10H2,1-2H3. The van der Waals surface area contributed by atoms with Crippen molar-refractivity contribution < 1.29 is 4.74 Å². The van der Waals surface area contributed by atoms with Crippen LogP contribution < -0.4 is 10.1 Å². The maximum Gasteiger partial charge on any atom is 0.127 e. The molecule has 0 radical (unpaired) electrons. The van der Waals surface area contributed by atoms with Crippen LogP contribution in [0.1, 0.15) is 22.3 Å². The molecule has 0 saturated heterocycles. The highest BCUT2D eigenvalue weighted by atomic mass is 79.9. The van der Waals surface area contributed by atoms with Gasteiger partial charge in [0.05, 0.1) is 6.61 Å². The van der Waals surface area contributed by atoms with E-state index in [4.69, 9.17) is 4.74 Å². The van der Waals surface area contributed by atoms with Crippen molar-refractivity contribution in [2.45, 2.75) is 26.8 Å². The van der Waals surface area contributed by atoms with E-state index in [9.17, 15) is 0 Å². The number of halogens is 1. The zero-order chi connectivity index (χ0) is 14.1. The van der Waals surface area contributed by atoms with Crippen molar-refractivity contribution in [2.75, 3.05) is 11.9 Å². The summed E-state index contributed by atoms with van der Waals surface area (Å²) >= 11 is 3.58. The minimum atomic E-state index is 0.782. The molecule has 2 aromatic carbocycles. The molecule has 0 saturated carbocycles. The lowest BCUT2D eigenvalue weighted by atomic mass is 10.1. The van der Waals surface area contributed by atoms with E-state index in [0.29, 0.717) is 0 Å². The van der Waals surface area contributed by atoms with Gasteiger partial charge in [-0.15, -0.1) is 0 Å². The molecule has 2 aromatic rings. The maximum absolute atomic E-state index is 5.76. The minimum Gasteiger partial charge on any atom is -0.493 e. The zero-order valence-electron chi connectivity index (χ0n) is 11.8. The second-order valence-electron chi connectivity index (χ2n) is 5.38. The van der Waals surface area contributed by atoms with Gasteiger partial charge in [0.2, 0.25) is 0 Å². The van der Waals surface area contributed by atoms with Crippen LogP contribution in [0.5, 0.6) is 5.75 Å². The van der Waals surface area contributed by atoms with Gasteiger partial charge < -0.3 is 10.1 Å². The van der Waals surface area contributed by atoms with Crippen molar-refractivity contribution >= 4 is 21.6 Å². The Balaban J connectivity index is 1.82. The fraction of sp³-hybridized carbons (Fsp3) is 0.294. The number of anilines is 1. The summed E-state index contributed by atoms with van der Waals surface area (Å²) in [5.41, 5.74) is 6.24. The van der Waals surface area contributed by atoms with Crippen LogP contribution in [0.4, 0.5) is 5.69 Å². The van der Waals surface area contributed by atoms with Gasteiger partial charge in [0.25, 0.3) is 0 Å². The highest BCUT2D eigenvalue weighted by Crippen LogP contribution is 2.33. The number of nitrogens with one attached hydrogen (secondary N) is 1. The van der Waals surface area contributed by atoms with Crippen molar-refractivity contribution in [3.63, 3.8) is 0 Å². The predicted molar refractivity (Wildman–Crippen MR) is 86.6 cm³/mol. The van der Waals surface area contributed by atoms with Gasteiger partial charge in [0.1, 0.15) is 5.75 Å². The molecule has 1 heterocycles. The van der Waals surface area contributed by atoms with Crippen molar-refractivity contribution in [1.82, 2.24) is 0 Å². The van der Waals surface area contributed by atoms with Crippen LogP contribution in [-0.2, 0) is 13.0 Å². The molecule has 0 atom stereocenters. The molecule has 0 aromatic heterocycles. The molecule has 1 aliphatic heterocycles. The number of fused-ring (bicyclic) bond motifs is 1. The Labute approximate surface area is 128 Å². The molecule has 2 nitrogen and oxygen atoms in total. The Morgan fingerprint density at radius 3 is 2.60 bits per heavy atom. The van der Waals surface area contributed by atoms with E-state index in [1.807, 2.05) is 0 Å². The number of rotatable bonds is 3. The Kier molecular flexibility index (Phi) is 3.70. The number of ether oxygens (including phenoxy) is 1. The van der Waals surface area contributed by atoms with E-state index in [1.54, 1.807) is 0 Å². The molecule has 0 amide bonds. The molecule has 104 valence electrons. The van der Waals surface area contributed by atoms with E-state index in [2.05, 4.69) is 65.4 Å². The topological polar surface area (TPSA) is 21.3 Å². The molecule has 0 bridgehead atoms. The van der Waals surface area contributed by atoms with E-state index in [0.717, 1.165) is 35.5 Å². The summed E-state index contributed by atoms with van der Waals surface area (Å²) in [5, 5.41) is 3.50. The lowest BCUT2D eigenvalue weighted by Gasteiger charge is -2.12. The van der Waals surface area contributed by atoms with Gasteiger partial charge in [-0.2, -0.15) is 0 Å². The summed E-state index contributed by atoms with van der Waals surface area (Å²) in [6.45, 7) is 5.82. The SMILES string of the molecule is Cc1cc(C)cc(NCc2cc(Br)cc3c2OCC3)c1.